The highest BCUT2D eigenvalue weighted by molar-refractivity contribution is 5.86. The van der Waals surface area contributed by atoms with Crippen molar-refractivity contribution in [3.8, 4) is 11.8 Å². The number of nitrogens with zero attached hydrogens (tertiary/aromatic N) is 1. The first-order valence-electron chi connectivity index (χ1n) is 5.64. The molecular formula is C14H15NO3. The normalized spacial score (nSPS) is 10.8. The number of carboxylic acids is 1. The van der Waals surface area contributed by atoms with E-state index in [-0.39, 0.29) is 6.61 Å². The Kier molecular flexibility index (Phi) is 4.94. The molecule has 1 N–H and O–H groups in total. The molecule has 0 spiro atoms. The Hall–Kier alpha value is -2.28. The van der Waals surface area contributed by atoms with Crippen LogP contribution in [-0.2, 0) is 4.79 Å². The lowest BCUT2D eigenvalue weighted by Crippen LogP contribution is -2.03. The third kappa shape index (κ3) is 3.63. The number of hydrogen-bond donors (Lipinski definition) is 1. The predicted molar refractivity (Wildman–Crippen MR) is 67.4 cm³/mol. The van der Waals surface area contributed by atoms with Gasteiger partial charge in [0.15, 0.2) is 0 Å². The summed E-state index contributed by atoms with van der Waals surface area (Å²) >= 11 is 0. The van der Waals surface area contributed by atoms with Gasteiger partial charge in [0.1, 0.15) is 12.4 Å². The highest BCUT2D eigenvalue weighted by atomic mass is 16.5. The van der Waals surface area contributed by atoms with E-state index in [0.29, 0.717) is 23.3 Å². The number of ether oxygens (including phenoxy) is 1. The van der Waals surface area contributed by atoms with Crippen LogP contribution in [0.3, 0.4) is 0 Å². The lowest BCUT2D eigenvalue weighted by molar-refractivity contribution is -0.132. The van der Waals surface area contributed by atoms with Gasteiger partial charge < -0.3 is 9.84 Å². The maximum atomic E-state index is 10.8. The summed E-state index contributed by atoms with van der Waals surface area (Å²) in [7, 11) is 0. The first-order valence-corrected chi connectivity index (χ1v) is 5.64. The monoisotopic (exact) mass is 245 g/mol. The maximum Gasteiger partial charge on any atom is 0.331 e. The van der Waals surface area contributed by atoms with Gasteiger partial charge in [0, 0.05) is 5.57 Å². The lowest BCUT2D eigenvalue weighted by atomic mass is 10.1. The van der Waals surface area contributed by atoms with E-state index in [0.717, 1.165) is 5.56 Å². The van der Waals surface area contributed by atoms with Crippen LogP contribution in [0.25, 0.3) is 0 Å². The summed E-state index contributed by atoms with van der Waals surface area (Å²) in [5.41, 5.74) is 1.76. The zero-order valence-electron chi connectivity index (χ0n) is 10.4. The third-order valence-electron chi connectivity index (χ3n) is 2.54. The number of aliphatic carboxylic acids is 1. The average molecular weight is 245 g/mol. The van der Waals surface area contributed by atoms with Crippen molar-refractivity contribution >= 4 is 5.97 Å². The summed E-state index contributed by atoms with van der Waals surface area (Å²) in [6, 6.07) is 7.20. The van der Waals surface area contributed by atoms with Crippen molar-refractivity contribution in [1.82, 2.24) is 0 Å². The van der Waals surface area contributed by atoms with Gasteiger partial charge in [-0.25, -0.2) is 4.79 Å². The molecule has 4 heteroatoms. The molecule has 0 aliphatic carbocycles. The molecule has 0 fully saturated rings. The molecule has 0 heterocycles. The molecule has 4 nitrogen and oxygen atoms in total. The number of carbonyl (C=O) groups is 1. The van der Waals surface area contributed by atoms with Gasteiger partial charge in [-0.05, 0) is 37.1 Å². The SMILES string of the molecule is CC/C(=C/COc1cc(C#N)ccc1C)C(=O)O. The number of rotatable bonds is 5. The first-order chi connectivity index (χ1) is 8.58. The molecule has 0 radical (unpaired) electrons. The fourth-order valence-corrected chi connectivity index (χ4v) is 1.44. The highest BCUT2D eigenvalue weighted by Gasteiger charge is 2.04. The fourth-order valence-electron chi connectivity index (χ4n) is 1.44. The van der Waals surface area contributed by atoms with Gasteiger partial charge in [0.25, 0.3) is 0 Å². The second-order valence-corrected chi connectivity index (χ2v) is 3.79. The maximum absolute atomic E-state index is 10.8. The van der Waals surface area contributed by atoms with Crippen LogP contribution >= 0.6 is 0 Å². The van der Waals surface area contributed by atoms with Crippen LogP contribution in [0.2, 0.25) is 0 Å². The number of aryl methyl sites for hydroxylation is 1. The second-order valence-electron chi connectivity index (χ2n) is 3.79. The molecule has 0 aliphatic rings. The van der Waals surface area contributed by atoms with Crippen LogP contribution in [0.4, 0.5) is 0 Å². The minimum absolute atomic E-state index is 0.186. The fraction of sp³-hybridized carbons (Fsp3) is 0.286. The number of hydrogen-bond acceptors (Lipinski definition) is 3. The Morgan fingerprint density at radius 2 is 2.28 bits per heavy atom. The van der Waals surface area contributed by atoms with E-state index in [2.05, 4.69) is 0 Å². The summed E-state index contributed by atoms with van der Waals surface area (Å²) in [4.78, 5) is 10.8. The van der Waals surface area contributed by atoms with Gasteiger partial charge in [-0.1, -0.05) is 13.0 Å². The van der Waals surface area contributed by atoms with Crippen molar-refractivity contribution in [3.63, 3.8) is 0 Å². The minimum Gasteiger partial charge on any atom is -0.489 e. The molecule has 1 aromatic rings. The summed E-state index contributed by atoms with van der Waals surface area (Å²) in [6.07, 6.45) is 2.00. The van der Waals surface area contributed by atoms with Gasteiger partial charge >= 0.3 is 5.97 Å². The molecule has 0 amide bonds. The standard InChI is InChI=1S/C14H15NO3/c1-3-12(14(16)17)6-7-18-13-8-11(9-15)5-4-10(13)2/h4-6,8H,3,7H2,1-2H3,(H,16,17)/b12-6-. The zero-order valence-corrected chi connectivity index (χ0v) is 10.4. The van der Waals surface area contributed by atoms with Crippen LogP contribution in [0, 0.1) is 18.3 Å². The van der Waals surface area contributed by atoms with Crippen LogP contribution in [0.5, 0.6) is 5.75 Å². The molecule has 0 bridgehead atoms. The van der Waals surface area contributed by atoms with Crippen LogP contribution in [0.1, 0.15) is 24.5 Å². The molecule has 0 saturated heterocycles. The van der Waals surface area contributed by atoms with E-state index < -0.39 is 5.97 Å². The van der Waals surface area contributed by atoms with Gasteiger partial charge in [0.2, 0.25) is 0 Å². The lowest BCUT2D eigenvalue weighted by Gasteiger charge is -2.07. The minimum atomic E-state index is -0.927. The molecule has 0 aliphatic heterocycles. The van der Waals surface area contributed by atoms with E-state index in [1.807, 2.05) is 13.0 Å². The molecule has 0 aromatic heterocycles. The first kappa shape index (κ1) is 13.8. The average Bonchev–Trinajstić information content (AvgIpc) is 2.36. The Morgan fingerprint density at radius 3 is 2.83 bits per heavy atom. The van der Waals surface area contributed by atoms with Gasteiger partial charge in [0.05, 0.1) is 11.6 Å². The van der Waals surface area contributed by atoms with E-state index in [1.54, 1.807) is 31.2 Å². The second kappa shape index (κ2) is 6.45. The summed E-state index contributed by atoms with van der Waals surface area (Å²) in [5.74, 6) is -0.324. The van der Waals surface area contributed by atoms with Crippen molar-refractivity contribution < 1.29 is 14.6 Å². The van der Waals surface area contributed by atoms with Gasteiger partial charge in [-0.15, -0.1) is 0 Å². The van der Waals surface area contributed by atoms with Gasteiger partial charge in [-0.3, -0.25) is 0 Å². The Balaban J connectivity index is 2.75. The highest BCUT2D eigenvalue weighted by Crippen LogP contribution is 2.19. The van der Waals surface area contributed by atoms with E-state index in [1.165, 1.54) is 0 Å². The predicted octanol–water partition coefficient (Wildman–Crippen LogP) is 2.67. The Bertz CT molecular complexity index is 512. The van der Waals surface area contributed by atoms with Crippen LogP contribution < -0.4 is 4.74 Å². The van der Waals surface area contributed by atoms with Crippen molar-refractivity contribution in [3.05, 3.63) is 41.0 Å². The van der Waals surface area contributed by atoms with E-state index in [9.17, 15) is 4.79 Å². The Morgan fingerprint density at radius 1 is 1.56 bits per heavy atom. The topological polar surface area (TPSA) is 70.3 Å². The van der Waals surface area contributed by atoms with Crippen LogP contribution in [0.15, 0.2) is 29.8 Å². The molecule has 1 aromatic carbocycles. The number of carboxylic acid groups (broad SMARTS) is 1. The zero-order chi connectivity index (χ0) is 13.5. The van der Waals surface area contributed by atoms with Crippen molar-refractivity contribution in [2.75, 3.05) is 6.61 Å². The molecule has 1 rings (SSSR count). The van der Waals surface area contributed by atoms with E-state index in [4.69, 9.17) is 15.1 Å². The molecule has 0 atom stereocenters. The summed E-state index contributed by atoms with van der Waals surface area (Å²) < 4.78 is 5.47. The quantitative estimate of drug-likeness (QED) is 0.809. The van der Waals surface area contributed by atoms with Crippen LogP contribution in [-0.4, -0.2) is 17.7 Å². The molecule has 0 unspecified atom stereocenters. The third-order valence-corrected chi connectivity index (χ3v) is 2.54. The molecular weight excluding hydrogens is 230 g/mol. The van der Waals surface area contributed by atoms with Gasteiger partial charge in [-0.2, -0.15) is 5.26 Å². The smallest absolute Gasteiger partial charge is 0.331 e. The number of benzene rings is 1. The molecule has 0 saturated carbocycles. The summed E-state index contributed by atoms with van der Waals surface area (Å²) in [6.45, 7) is 3.84. The number of nitriles is 1. The Labute approximate surface area is 106 Å². The van der Waals surface area contributed by atoms with Crippen molar-refractivity contribution in [2.45, 2.75) is 20.3 Å². The molecule has 18 heavy (non-hydrogen) atoms. The van der Waals surface area contributed by atoms with Crippen molar-refractivity contribution in [1.29, 1.82) is 5.26 Å². The largest absolute Gasteiger partial charge is 0.489 e. The summed E-state index contributed by atoms with van der Waals surface area (Å²) in [5, 5.41) is 17.6. The van der Waals surface area contributed by atoms with E-state index >= 15 is 0 Å². The molecule has 94 valence electrons. The van der Waals surface area contributed by atoms with Crippen molar-refractivity contribution in [2.24, 2.45) is 0 Å².